The topological polar surface area (TPSA) is 86.8 Å². The Kier molecular flexibility index (Phi) is 10.2. The lowest BCUT2D eigenvalue weighted by molar-refractivity contribution is -0.139. The minimum atomic E-state index is -3.79. The normalized spacial score (nSPS) is 13.3. The van der Waals surface area contributed by atoms with Crippen LogP contribution in [0.1, 0.15) is 58.1 Å². The molecule has 2 aromatic carbocycles. The van der Waals surface area contributed by atoms with Crippen LogP contribution in [0.3, 0.4) is 0 Å². The Morgan fingerprint density at radius 1 is 1.03 bits per heavy atom. The molecule has 2 amide bonds. The average Bonchev–Trinajstić information content (AvgIpc) is 2.79. The molecule has 0 saturated carbocycles. The maximum absolute atomic E-state index is 13.7. The molecule has 1 N–H and O–H groups in total. The number of para-hydroxylation sites is 1. The second-order valence-corrected chi connectivity index (χ2v) is 11.5. The van der Waals surface area contributed by atoms with Crippen molar-refractivity contribution in [2.45, 2.75) is 65.6 Å². The van der Waals surface area contributed by atoms with Gasteiger partial charge in [0.25, 0.3) is 0 Å². The lowest BCUT2D eigenvalue weighted by Crippen LogP contribution is -2.52. The molecular formula is C26H36ClN3O4S. The molecule has 0 spiro atoms. The number of halogens is 1. The van der Waals surface area contributed by atoms with Crippen molar-refractivity contribution in [3.05, 3.63) is 64.7 Å². The van der Waals surface area contributed by atoms with Gasteiger partial charge in [0.2, 0.25) is 21.8 Å². The molecule has 0 aromatic heterocycles. The molecule has 9 heteroatoms. The molecule has 192 valence electrons. The highest BCUT2D eigenvalue weighted by atomic mass is 35.5. The van der Waals surface area contributed by atoms with Gasteiger partial charge in [0.05, 0.1) is 11.9 Å². The Labute approximate surface area is 214 Å². The number of carbonyl (C=O) groups is 2. The van der Waals surface area contributed by atoms with E-state index in [-0.39, 0.29) is 24.4 Å². The van der Waals surface area contributed by atoms with Gasteiger partial charge >= 0.3 is 0 Å². The summed E-state index contributed by atoms with van der Waals surface area (Å²) in [6.07, 6.45) is 1.83. The lowest BCUT2D eigenvalue weighted by atomic mass is 10.0. The first-order valence-corrected chi connectivity index (χ1v) is 14.0. The summed E-state index contributed by atoms with van der Waals surface area (Å²) in [6, 6.07) is 13.3. The predicted molar refractivity (Wildman–Crippen MR) is 142 cm³/mol. The molecule has 2 atom stereocenters. The number of carbonyl (C=O) groups excluding carboxylic acids is 2. The van der Waals surface area contributed by atoms with Crippen LogP contribution in [0.2, 0.25) is 5.02 Å². The zero-order valence-corrected chi connectivity index (χ0v) is 22.9. The van der Waals surface area contributed by atoms with Gasteiger partial charge in [-0.2, -0.15) is 0 Å². The van der Waals surface area contributed by atoms with Crippen molar-refractivity contribution in [2.24, 2.45) is 0 Å². The molecular weight excluding hydrogens is 486 g/mol. The van der Waals surface area contributed by atoms with E-state index in [1.807, 2.05) is 45.9 Å². The molecule has 0 aliphatic heterocycles. The Balaban J connectivity index is 2.45. The largest absolute Gasteiger partial charge is 0.352 e. The third kappa shape index (κ3) is 7.97. The van der Waals surface area contributed by atoms with Crippen LogP contribution in [0.15, 0.2) is 48.5 Å². The Hall–Kier alpha value is -2.58. The molecule has 0 aliphatic rings. The Bertz CT molecular complexity index is 1140. The average molecular weight is 522 g/mol. The Morgan fingerprint density at radius 2 is 1.69 bits per heavy atom. The molecule has 0 unspecified atom stereocenters. The second-order valence-electron chi connectivity index (χ2n) is 9.13. The number of anilines is 1. The van der Waals surface area contributed by atoms with Gasteiger partial charge in [-0.25, -0.2) is 8.42 Å². The van der Waals surface area contributed by atoms with Crippen LogP contribution in [-0.4, -0.2) is 50.0 Å². The maximum Gasteiger partial charge on any atom is 0.244 e. The first kappa shape index (κ1) is 28.7. The standard InChI is InChI=1S/C26H36ClN3O4S/c1-7-19(4)28-26(32)20(5)29(16-21-11-10-12-22(27)15-21)25(31)17-30(35(6,33)34)24-14-9-8-13-23(24)18(2)3/h8-15,18-20H,7,16-17H2,1-6H3,(H,28,32)/t19-,20+/m1/s1. The summed E-state index contributed by atoms with van der Waals surface area (Å²) >= 11 is 6.14. The number of benzene rings is 2. The first-order valence-electron chi connectivity index (χ1n) is 11.8. The fraction of sp³-hybridized carbons (Fsp3) is 0.462. The van der Waals surface area contributed by atoms with E-state index in [1.54, 1.807) is 37.3 Å². The summed E-state index contributed by atoms with van der Waals surface area (Å²) < 4.78 is 26.7. The smallest absolute Gasteiger partial charge is 0.244 e. The van der Waals surface area contributed by atoms with Crippen LogP contribution >= 0.6 is 11.6 Å². The van der Waals surface area contributed by atoms with E-state index in [0.29, 0.717) is 10.7 Å². The molecule has 2 aromatic rings. The van der Waals surface area contributed by atoms with Crippen molar-refractivity contribution in [2.75, 3.05) is 17.1 Å². The number of hydrogen-bond acceptors (Lipinski definition) is 4. The van der Waals surface area contributed by atoms with Gasteiger partial charge in [-0.05, 0) is 55.5 Å². The third-order valence-corrected chi connectivity index (χ3v) is 7.28. The van der Waals surface area contributed by atoms with E-state index in [0.717, 1.165) is 28.1 Å². The van der Waals surface area contributed by atoms with Crippen molar-refractivity contribution in [1.82, 2.24) is 10.2 Å². The minimum absolute atomic E-state index is 0.0494. The minimum Gasteiger partial charge on any atom is -0.352 e. The zero-order valence-electron chi connectivity index (χ0n) is 21.3. The first-order chi connectivity index (χ1) is 16.3. The summed E-state index contributed by atoms with van der Waals surface area (Å²) in [5.41, 5.74) is 2.01. The van der Waals surface area contributed by atoms with Crippen LogP contribution in [0.5, 0.6) is 0 Å². The molecule has 0 heterocycles. The summed E-state index contributed by atoms with van der Waals surface area (Å²) in [5, 5.41) is 3.42. The van der Waals surface area contributed by atoms with E-state index in [9.17, 15) is 18.0 Å². The number of nitrogens with one attached hydrogen (secondary N) is 1. The number of hydrogen-bond donors (Lipinski definition) is 1. The van der Waals surface area contributed by atoms with Crippen LogP contribution in [0.4, 0.5) is 5.69 Å². The van der Waals surface area contributed by atoms with E-state index < -0.39 is 28.5 Å². The van der Waals surface area contributed by atoms with Crippen molar-refractivity contribution in [1.29, 1.82) is 0 Å². The SMILES string of the molecule is CC[C@@H](C)NC(=O)[C@H](C)N(Cc1cccc(Cl)c1)C(=O)CN(c1ccccc1C(C)C)S(C)(=O)=O. The highest BCUT2D eigenvalue weighted by Gasteiger charge is 2.31. The van der Waals surface area contributed by atoms with Gasteiger partial charge in [0.15, 0.2) is 0 Å². The molecule has 0 bridgehead atoms. The van der Waals surface area contributed by atoms with Crippen molar-refractivity contribution < 1.29 is 18.0 Å². The van der Waals surface area contributed by atoms with Crippen LogP contribution in [0, 0.1) is 0 Å². The highest BCUT2D eigenvalue weighted by Crippen LogP contribution is 2.29. The zero-order chi connectivity index (χ0) is 26.3. The summed E-state index contributed by atoms with van der Waals surface area (Å²) in [6.45, 7) is 9.11. The van der Waals surface area contributed by atoms with Crippen LogP contribution < -0.4 is 9.62 Å². The molecule has 35 heavy (non-hydrogen) atoms. The summed E-state index contributed by atoms with van der Waals surface area (Å²) in [4.78, 5) is 28.0. The van der Waals surface area contributed by atoms with Gasteiger partial charge in [-0.1, -0.05) is 62.7 Å². The maximum atomic E-state index is 13.7. The number of rotatable bonds is 11. The van der Waals surface area contributed by atoms with Crippen molar-refractivity contribution >= 4 is 39.1 Å². The molecule has 0 saturated heterocycles. The predicted octanol–water partition coefficient (Wildman–Crippen LogP) is 4.56. The van der Waals surface area contributed by atoms with Crippen LogP contribution in [-0.2, 0) is 26.2 Å². The molecule has 7 nitrogen and oxygen atoms in total. The van der Waals surface area contributed by atoms with E-state index in [1.165, 1.54) is 4.90 Å². The monoisotopic (exact) mass is 521 g/mol. The number of sulfonamides is 1. The molecule has 0 aliphatic carbocycles. The van der Waals surface area contributed by atoms with Gasteiger partial charge in [-0.3, -0.25) is 13.9 Å². The van der Waals surface area contributed by atoms with E-state index in [2.05, 4.69) is 5.32 Å². The van der Waals surface area contributed by atoms with Gasteiger partial charge in [0, 0.05) is 17.6 Å². The lowest BCUT2D eigenvalue weighted by Gasteiger charge is -2.32. The summed E-state index contributed by atoms with van der Waals surface area (Å²) in [7, 11) is -3.79. The van der Waals surface area contributed by atoms with Crippen molar-refractivity contribution in [3.63, 3.8) is 0 Å². The molecule has 2 rings (SSSR count). The van der Waals surface area contributed by atoms with Gasteiger partial charge in [-0.15, -0.1) is 0 Å². The number of nitrogens with zero attached hydrogens (tertiary/aromatic N) is 2. The second kappa shape index (κ2) is 12.4. The quantitative estimate of drug-likeness (QED) is 0.469. The fourth-order valence-electron chi connectivity index (χ4n) is 3.68. The van der Waals surface area contributed by atoms with E-state index >= 15 is 0 Å². The fourth-order valence-corrected chi connectivity index (χ4v) is 4.76. The molecule has 0 fully saturated rings. The number of amides is 2. The highest BCUT2D eigenvalue weighted by molar-refractivity contribution is 7.92. The third-order valence-electron chi connectivity index (χ3n) is 5.92. The van der Waals surface area contributed by atoms with Crippen molar-refractivity contribution in [3.8, 4) is 0 Å². The van der Waals surface area contributed by atoms with Gasteiger partial charge < -0.3 is 10.2 Å². The van der Waals surface area contributed by atoms with Crippen LogP contribution in [0.25, 0.3) is 0 Å². The van der Waals surface area contributed by atoms with E-state index in [4.69, 9.17) is 11.6 Å². The van der Waals surface area contributed by atoms with Gasteiger partial charge in [0.1, 0.15) is 12.6 Å². The summed E-state index contributed by atoms with van der Waals surface area (Å²) in [5.74, 6) is -0.739. The Morgan fingerprint density at radius 3 is 2.26 bits per heavy atom. The molecule has 0 radical (unpaired) electrons.